The standard InChI is InChI=1S/C23H23BrN2O2/c24-20-9-5-18(6-10-20)15-26(16-22-2-1-13-28-22)14-17-3-7-19(8-4-17)23(27)25-21-11-12-21/h1-10,13,21H,11-12,14-16H2,(H,25,27). The summed E-state index contributed by atoms with van der Waals surface area (Å²) < 4.78 is 6.63. The molecule has 4 rings (SSSR count). The van der Waals surface area contributed by atoms with Crippen LogP contribution in [-0.4, -0.2) is 16.8 Å². The van der Waals surface area contributed by atoms with Crippen LogP contribution in [0.15, 0.2) is 75.8 Å². The lowest BCUT2D eigenvalue weighted by molar-refractivity contribution is 0.0951. The summed E-state index contributed by atoms with van der Waals surface area (Å²) in [6, 6.07) is 20.6. The quantitative estimate of drug-likeness (QED) is 0.529. The van der Waals surface area contributed by atoms with E-state index in [1.54, 1.807) is 6.26 Å². The third-order valence-corrected chi connectivity index (χ3v) is 5.34. The van der Waals surface area contributed by atoms with Gasteiger partial charge in [-0.1, -0.05) is 40.2 Å². The molecule has 1 fully saturated rings. The molecule has 3 aromatic rings. The lowest BCUT2D eigenvalue weighted by Gasteiger charge is -2.22. The summed E-state index contributed by atoms with van der Waals surface area (Å²) >= 11 is 3.49. The Hall–Kier alpha value is -2.37. The number of furan rings is 1. The molecule has 0 spiro atoms. The van der Waals surface area contributed by atoms with Crippen LogP contribution in [0.25, 0.3) is 0 Å². The van der Waals surface area contributed by atoms with Crippen LogP contribution in [0.3, 0.4) is 0 Å². The lowest BCUT2D eigenvalue weighted by Crippen LogP contribution is -2.25. The van der Waals surface area contributed by atoms with Gasteiger partial charge in [0.1, 0.15) is 5.76 Å². The highest BCUT2D eigenvalue weighted by molar-refractivity contribution is 9.10. The molecule has 4 nitrogen and oxygen atoms in total. The van der Waals surface area contributed by atoms with Gasteiger partial charge < -0.3 is 9.73 Å². The molecule has 1 saturated carbocycles. The highest BCUT2D eigenvalue weighted by Gasteiger charge is 2.23. The Morgan fingerprint density at radius 2 is 1.61 bits per heavy atom. The molecule has 0 atom stereocenters. The van der Waals surface area contributed by atoms with Crippen LogP contribution in [0, 0.1) is 0 Å². The predicted molar refractivity (Wildman–Crippen MR) is 113 cm³/mol. The first-order chi connectivity index (χ1) is 13.7. The van der Waals surface area contributed by atoms with E-state index in [9.17, 15) is 4.79 Å². The van der Waals surface area contributed by atoms with E-state index < -0.39 is 0 Å². The molecular formula is C23H23BrN2O2. The van der Waals surface area contributed by atoms with Crippen LogP contribution in [0.1, 0.15) is 40.1 Å². The highest BCUT2D eigenvalue weighted by atomic mass is 79.9. The van der Waals surface area contributed by atoms with Gasteiger partial charge in [-0.3, -0.25) is 9.69 Å². The van der Waals surface area contributed by atoms with E-state index in [0.29, 0.717) is 6.04 Å². The van der Waals surface area contributed by atoms with E-state index in [2.05, 4.69) is 50.4 Å². The Balaban J connectivity index is 1.44. The maximum absolute atomic E-state index is 12.2. The molecule has 1 amide bonds. The number of nitrogens with zero attached hydrogens (tertiary/aromatic N) is 1. The third-order valence-electron chi connectivity index (χ3n) is 4.81. The molecule has 28 heavy (non-hydrogen) atoms. The fourth-order valence-corrected chi connectivity index (χ4v) is 3.42. The molecule has 1 aliphatic rings. The second kappa shape index (κ2) is 8.76. The van der Waals surface area contributed by atoms with Gasteiger partial charge in [0.15, 0.2) is 0 Å². The Morgan fingerprint density at radius 3 is 2.18 bits per heavy atom. The van der Waals surface area contributed by atoms with E-state index >= 15 is 0 Å². The number of carbonyl (C=O) groups is 1. The Labute approximate surface area is 173 Å². The van der Waals surface area contributed by atoms with Crippen molar-refractivity contribution in [2.75, 3.05) is 0 Å². The van der Waals surface area contributed by atoms with Crippen molar-refractivity contribution < 1.29 is 9.21 Å². The molecule has 0 bridgehead atoms. The number of hydrogen-bond acceptors (Lipinski definition) is 3. The SMILES string of the molecule is O=C(NC1CC1)c1ccc(CN(Cc2ccc(Br)cc2)Cc2ccco2)cc1. The molecule has 5 heteroatoms. The van der Waals surface area contributed by atoms with Gasteiger partial charge in [-0.25, -0.2) is 0 Å². The van der Waals surface area contributed by atoms with E-state index in [0.717, 1.165) is 48.3 Å². The normalized spacial score (nSPS) is 13.6. The molecule has 1 heterocycles. The predicted octanol–water partition coefficient (Wildman–Crippen LogP) is 5.14. The minimum atomic E-state index is 0.0244. The van der Waals surface area contributed by atoms with Crippen molar-refractivity contribution in [2.45, 2.75) is 38.5 Å². The van der Waals surface area contributed by atoms with Crippen molar-refractivity contribution in [3.8, 4) is 0 Å². The summed E-state index contributed by atoms with van der Waals surface area (Å²) in [7, 11) is 0. The maximum Gasteiger partial charge on any atom is 0.251 e. The molecule has 1 aromatic heterocycles. The number of rotatable bonds is 8. The molecule has 1 aliphatic carbocycles. The monoisotopic (exact) mass is 438 g/mol. The molecule has 0 aliphatic heterocycles. The largest absolute Gasteiger partial charge is 0.468 e. The fraction of sp³-hybridized carbons (Fsp3) is 0.261. The van der Waals surface area contributed by atoms with Gasteiger partial charge in [-0.2, -0.15) is 0 Å². The van der Waals surface area contributed by atoms with E-state index in [4.69, 9.17) is 4.42 Å². The van der Waals surface area contributed by atoms with E-state index in [-0.39, 0.29) is 5.91 Å². The summed E-state index contributed by atoms with van der Waals surface area (Å²) in [5.74, 6) is 0.967. The smallest absolute Gasteiger partial charge is 0.251 e. The summed E-state index contributed by atoms with van der Waals surface area (Å²) in [6.07, 6.45) is 3.91. The van der Waals surface area contributed by atoms with Gasteiger partial charge in [0.05, 0.1) is 12.8 Å². The van der Waals surface area contributed by atoms with Crippen LogP contribution in [0.2, 0.25) is 0 Å². The summed E-state index contributed by atoms with van der Waals surface area (Å²) in [4.78, 5) is 14.5. The summed E-state index contributed by atoms with van der Waals surface area (Å²) in [5.41, 5.74) is 3.14. The topological polar surface area (TPSA) is 45.5 Å². The van der Waals surface area contributed by atoms with Crippen molar-refractivity contribution in [2.24, 2.45) is 0 Å². The molecule has 1 N–H and O–H groups in total. The fourth-order valence-electron chi connectivity index (χ4n) is 3.15. The third kappa shape index (κ3) is 5.33. The van der Waals surface area contributed by atoms with Crippen molar-refractivity contribution >= 4 is 21.8 Å². The molecular weight excluding hydrogens is 416 g/mol. The minimum Gasteiger partial charge on any atom is -0.468 e. The molecule has 0 saturated heterocycles. The molecule has 144 valence electrons. The van der Waals surface area contributed by atoms with Crippen LogP contribution >= 0.6 is 15.9 Å². The number of halogens is 1. The first-order valence-corrected chi connectivity index (χ1v) is 10.3. The Kier molecular flexibility index (Phi) is 5.93. The van der Waals surface area contributed by atoms with Gasteiger partial charge in [0.2, 0.25) is 0 Å². The highest BCUT2D eigenvalue weighted by Crippen LogP contribution is 2.20. The zero-order valence-corrected chi connectivity index (χ0v) is 17.2. The van der Waals surface area contributed by atoms with Crippen molar-refractivity contribution in [3.63, 3.8) is 0 Å². The molecule has 0 radical (unpaired) electrons. The lowest BCUT2D eigenvalue weighted by atomic mass is 10.1. The first kappa shape index (κ1) is 19.0. The number of carbonyl (C=O) groups excluding carboxylic acids is 1. The average Bonchev–Trinajstić information content (AvgIpc) is 3.36. The number of benzene rings is 2. The van der Waals surface area contributed by atoms with Gasteiger partial charge in [0, 0.05) is 29.2 Å². The zero-order valence-electron chi connectivity index (χ0n) is 15.6. The number of amides is 1. The van der Waals surface area contributed by atoms with E-state index in [1.807, 2.05) is 36.4 Å². The average molecular weight is 439 g/mol. The second-order valence-corrected chi connectivity index (χ2v) is 8.21. The van der Waals surface area contributed by atoms with Crippen molar-refractivity contribution in [1.29, 1.82) is 0 Å². The minimum absolute atomic E-state index is 0.0244. The maximum atomic E-state index is 12.2. The van der Waals surface area contributed by atoms with Crippen LogP contribution in [0.5, 0.6) is 0 Å². The van der Waals surface area contributed by atoms with Gasteiger partial charge >= 0.3 is 0 Å². The number of nitrogens with one attached hydrogen (secondary N) is 1. The van der Waals surface area contributed by atoms with Crippen molar-refractivity contribution in [1.82, 2.24) is 10.2 Å². The zero-order chi connectivity index (χ0) is 19.3. The summed E-state index contributed by atoms with van der Waals surface area (Å²) in [5, 5.41) is 3.03. The van der Waals surface area contributed by atoms with Gasteiger partial charge in [-0.05, 0) is 60.4 Å². The molecule has 2 aromatic carbocycles. The second-order valence-electron chi connectivity index (χ2n) is 7.30. The first-order valence-electron chi connectivity index (χ1n) is 9.55. The summed E-state index contributed by atoms with van der Waals surface area (Å²) in [6.45, 7) is 2.33. The Bertz CT molecular complexity index is 901. The van der Waals surface area contributed by atoms with Crippen LogP contribution in [0.4, 0.5) is 0 Å². The van der Waals surface area contributed by atoms with Crippen LogP contribution in [-0.2, 0) is 19.6 Å². The molecule has 0 unspecified atom stereocenters. The Morgan fingerprint density at radius 1 is 0.964 bits per heavy atom. The van der Waals surface area contributed by atoms with E-state index in [1.165, 1.54) is 11.1 Å². The van der Waals surface area contributed by atoms with Crippen molar-refractivity contribution in [3.05, 3.63) is 93.9 Å². The van der Waals surface area contributed by atoms with Gasteiger partial charge in [-0.15, -0.1) is 0 Å². The number of hydrogen-bond donors (Lipinski definition) is 1. The van der Waals surface area contributed by atoms with Crippen LogP contribution < -0.4 is 5.32 Å². The van der Waals surface area contributed by atoms with Gasteiger partial charge in [0.25, 0.3) is 5.91 Å².